The quantitative estimate of drug-likeness (QED) is 0.697. The summed E-state index contributed by atoms with van der Waals surface area (Å²) in [5.74, 6) is -0.540. The average molecular weight is 333 g/mol. The van der Waals surface area contributed by atoms with Crippen LogP contribution in [0.1, 0.15) is 15.9 Å². The van der Waals surface area contributed by atoms with E-state index in [0.29, 0.717) is 5.56 Å². The first-order valence-corrected chi connectivity index (χ1v) is 6.55. The highest BCUT2D eigenvalue weighted by atomic mass is 19.4. The van der Waals surface area contributed by atoms with Gasteiger partial charge in [-0.15, -0.1) is 0 Å². The molecule has 0 bridgehead atoms. The highest BCUT2D eigenvalue weighted by molar-refractivity contribution is 5.99. The molecule has 0 saturated carbocycles. The molecule has 2 aliphatic rings. The Morgan fingerprint density at radius 2 is 2.17 bits per heavy atom. The summed E-state index contributed by atoms with van der Waals surface area (Å²) >= 11 is 0. The van der Waals surface area contributed by atoms with Crippen molar-refractivity contribution in [2.24, 2.45) is 0 Å². The Morgan fingerprint density at radius 1 is 1.43 bits per heavy atom. The van der Waals surface area contributed by atoms with E-state index in [0.717, 1.165) is 0 Å². The zero-order chi connectivity index (χ0) is 17.0. The maximum Gasteiger partial charge on any atom is 0.411 e. The van der Waals surface area contributed by atoms with Crippen LogP contribution >= 0.6 is 0 Å². The molecular formula is C14H14F3NO5. The van der Waals surface area contributed by atoms with Gasteiger partial charge in [0.25, 0.3) is 5.91 Å². The Balaban J connectivity index is 2.26. The maximum absolute atomic E-state index is 12.2. The lowest BCUT2D eigenvalue weighted by Crippen LogP contribution is -2.37. The molecular weight excluding hydrogens is 319 g/mol. The van der Waals surface area contributed by atoms with E-state index < -0.39 is 38.1 Å². The van der Waals surface area contributed by atoms with Gasteiger partial charge in [-0.2, -0.15) is 13.2 Å². The topological polar surface area (TPSA) is 91.9 Å². The lowest BCUT2D eigenvalue weighted by Gasteiger charge is -2.12. The van der Waals surface area contributed by atoms with Crippen LogP contribution in [0.25, 0.3) is 11.3 Å². The summed E-state index contributed by atoms with van der Waals surface area (Å²) in [5, 5.41) is 20.1. The Kier molecular flexibility index (Phi) is 5.24. The van der Waals surface area contributed by atoms with Gasteiger partial charge in [-0.25, -0.2) is 0 Å². The predicted octanol–water partition coefficient (Wildman–Crippen LogP) is 1.50. The molecule has 0 aromatic heterocycles. The van der Waals surface area contributed by atoms with Crippen LogP contribution in [0.2, 0.25) is 0 Å². The third-order valence-electron chi connectivity index (χ3n) is 2.93. The van der Waals surface area contributed by atoms with Gasteiger partial charge < -0.3 is 24.7 Å². The molecule has 0 aromatic rings. The molecule has 0 radical (unpaired) electrons. The minimum absolute atomic E-state index is 0.00428. The van der Waals surface area contributed by atoms with Gasteiger partial charge in [0, 0.05) is 16.7 Å². The fourth-order valence-corrected chi connectivity index (χ4v) is 2.01. The predicted molar refractivity (Wildman–Crippen MR) is 71.6 cm³/mol. The number of aliphatic hydroxyl groups is 2. The monoisotopic (exact) mass is 333 g/mol. The molecule has 9 heteroatoms. The van der Waals surface area contributed by atoms with E-state index >= 15 is 0 Å². The first kappa shape index (κ1) is 17.3. The number of halogens is 3. The van der Waals surface area contributed by atoms with Crippen molar-refractivity contribution >= 4 is 5.91 Å². The molecule has 6 nitrogen and oxygen atoms in total. The summed E-state index contributed by atoms with van der Waals surface area (Å²) in [6, 6.07) is 4.59. The Labute approximate surface area is 128 Å². The number of carbonyl (C=O) groups excluding carboxylic acids is 1. The maximum atomic E-state index is 12.2. The summed E-state index contributed by atoms with van der Waals surface area (Å²) < 4.78 is 46.4. The molecule has 1 heterocycles. The van der Waals surface area contributed by atoms with Crippen molar-refractivity contribution in [1.82, 2.24) is 5.32 Å². The lowest BCUT2D eigenvalue weighted by atomic mass is 10.2. The Bertz CT molecular complexity index is 640. The second-order valence-electron chi connectivity index (χ2n) is 4.71. The number of amides is 1. The van der Waals surface area contributed by atoms with E-state index in [1.807, 2.05) is 0 Å². The van der Waals surface area contributed by atoms with Crippen molar-refractivity contribution in [1.29, 1.82) is 0 Å². The van der Waals surface area contributed by atoms with Crippen molar-refractivity contribution in [2.45, 2.75) is 19.0 Å². The third kappa shape index (κ3) is 4.44. The number of ether oxygens (including phenoxy) is 1. The van der Waals surface area contributed by atoms with E-state index in [1.165, 1.54) is 12.3 Å². The van der Waals surface area contributed by atoms with Crippen molar-refractivity contribution in [3.8, 4) is 11.3 Å². The molecule has 1 aliphatic heterocycles. The van der Waals surface area contributed by atoms with Crippen molar-refractivity contribution < 1.29 is 37.3 Å². The first-order valence-electron chi connectivity index (χ1n) is 6.55. The van der Waals surface area contributed by atoms with Crippen LogP contribution < -0.4 is 5.32 Å². The highest BCUT2D eigenvalue weighted by Crippen LogP contribution is 2.32. The van der Waals surface area contributed by atoms with Gasteiger partial charge in [-0.3, -0.25) is 4.79 Å². The molecule has 1 amide bonds. The SMILES string of the molecule is O=C(NC(O)CO)c1cc2cccoc-2c1COCC(F)(F)F. The molecule has 23 heavy (non-hydrogen) atoms. The van der Waals surface area contributed by atoms with Crippen LogP contribution in [-0.2, 0) is 11.3 Å². The lowest BCUT2D eigenvalue weighted by molar-refractivity contribution is -0.176. The second-order valence-corrected chi connectivity index (χ2v) is 4.71. The number of aliphatic hydroxyl groups excluding tert-OH is 2. The number of nitrogens with one attached hydrogen (secondary N) is 1. The van der Waals surface area contributed by atoms with Crippen LogP contribution in [0, 0.1) is 0 Å². The van der Waals surface area contributed by atoms with Gasteiger partial charge in [0.15, 0.2) is 0 Å². The normalized spacial score (nSPS) is 13.3. The van der Waals surface area contributed by atoms with E-state index in [1.54, 1.807) is 12.1 Å². The number of hydrogen-bond donors (Lipinski definition) is 3. The number of alkyl halides is 3. The van der Waals surface area contributed by atoms with E-state index in [-0.39, 0.29) is 16.9 Å². The average Bonchev–Trinajstić information content (AvgIpc) is 2.85. The van der Waals surface area contributed by atoms with Crippen LogP contribution in [0.15, 0.2) is 28.9 Å². The molecule has 1 aliphatic carbocycles. The van der Waals surface area contributed by atoms with Crippen LogP contribution in [0.4, 0.5) is 13.2 Å². The molecule has 2 rings (SSSR count). The molecule has 3 N–H and O–H groups in total. The van der Waals surface area contributed by atoms with E-state index in [2.05, 4.69) is 10.1 Å². The number of hydrogen-bond acceptors (Lipinski definition) is 5. The zero-order valence-electron chi connectivity index (χ0n) is 11.8. The third-order valence-corrected chi connectivity index (χ3v) is 2.93. The fourth-order valence-electron chi connectivity index (χ4n) is 2.01. The number of fused-ring (bicyclic) bond motifs is 1. The number of carbonyl (C=O) groups is 1. The summed E-state index contributed by atoms with van der Waals surface area (Å²) in [4.78, 5) is 12.1. The summed E-state index contributed by atoms with van der Waals surface area (Å²) in [6.45, 7) is -2.66. The summed E-state index contributed by atoms with van der Waals surface area (Å²) in [6.07, 6.45) is -4.66. The smallest absolute Gasteiger partial charge is 0.411 e. The first-order chi connectivity index (χ1) is 10.8. The van der Waals surface area contributed by atoms with Gasteiger partial charge >= 0.3 is 6.18 Å². The summed E-state index contributed by atoms with van der Waals surface area (Å²) in [7, 11) is 0. The fraction of sp³-hybridized carbons (Fsp3) is 0.357. The molecule has 0 spiro atoms. The Hall–Kier alpha value is -2.10. The minimum Gasteiger partial charge on any atom is -0.464 e. The largest absolute Gasteiger partial charge is 0.464 e. The summed E-state index contributed by atoms with van der Waals surface area (Å²) in [5.41, 5.74) is 0.638. The van der Waals surface area contributed by atoms with Crippen LogP contribution in [-0.4, -0.2) is 41.7 Å². The second kappa shape index (κ2) is 6.99. The standard InChI is InChI=1S/C14H14F3NO5/c15-14(16,17)7-22-6-10-9(13(21)18-11(20)5-19)4-8-2-1-3-23-12(8)10/h1-4,11,19-20H,5-7H2,(H,18,21). The molecule has 1 atom stereocenters. The number of rotatable bonds is 6. The molecule has 0 fully saturated rings. The molecule has 1 unspecified atom stereocenters. The zero-order valence-corrected chi connectivity index (χ0v) is 11.8. The molecule has 0 saturated heterocycles. The Morgan fingerprint density at radius 3 is 2.83 bits per heavy atom. The van der Waals surface area contributed by atoms with Crippen LogP contribution in [0.5, 0.6) is 0 Å². The van der Waals surface area contributed by atoms with Crippen molar-refractivity contribution in [3.63, 3.8) is 0 Å². The van der Waals surface area contributed by atoms with Crippen molar-refractivity contribution in [2.75, 3.05) is 13.2 Å². The van der Waals surface area contributed by atoms with Crippen molar-refractivity contribution in [3.05, 3.63) is 35.6 Å². The van der Waals surface area contributed by atoms with Gasteiger partial charge in [0.2, 0.25) is 0 Å². The van der Waals surface area contributed by atoms with E-state index in [4.69, 9.17) is 9.52 Å². The van der Waals surface area contributed by atoms with E-state index in [9.17, 15) is 23.1 Å². The molecule has 0 aromatic carbocycles. The molecule has 126 valence electrons. The van der Waals surface area contributed by atoms with Gasteiger partial charge in [-0.1, -0.05) is 0 Å². The highest BCUT2D eigenvalue weighted by Gasteiger charge is 2.29. The van der Waals surface area contributed by atoms with Gasteiger partial charge in [-0.05, 0) is 18.2 Å². The van der Waals surface area contributed by atoms with Crippen LogP contribution in [0.3, 0.4) is 0 Å². The van der Waals surface area contributed by atoms with Gasteiger partial charge in [0.05, 0.1) is 19.5 Å². The minimum atomic E-state index is -4.49. The van der Waals surface area contributed by atoms with Gasteiger partial charge in [0.1, 0.15) is 18.6 Å².